The number of rotatable bonds is 10. The van der Waals surface area contributed by atoms with Gasteiger partial charge in [0.2, 0.25) is 0 Å². The number of aliphatic imine (C=N–C) groups is 1. The number of nitrogens with one attached hydrogen (secondary N) is 1. The molecular formula is C32H32N4O8S. The number of imide groups is 1. The summed E-state index contributed by atoms with van der Waals surface area (Å²) in [5.41, 5.74) is 0.599. The lowest BCUT2D eigenvalue weighted by molar-refractivity contribution is -0.137. The fourth-order valence-electron chi connectivity index (χ4n) is 5.14. The van der Waals surface area contributed by atoms with Crippen LogP contribution in [0.1, 0.15) is 41.8 Å². The van der Waals surface area contributed by atoms with Crippen LogP contribution in [0.5, 0.6) is 5.75 Å². The van der Waals surface area contributed by atoms with Gasteiger partial charge in [0.25, 0.3) is 21.8 Å². The van der Waals surface area contributed by atoms with E-state index in [1.165, 1.54) is 38.1 Å². The first-order chi connectivity index (χ1) is 21.3. The van der Waals surface area contributed by atoms with Crippen molar-refractivity contribution in [2.24, 2.45) is 4.99 Å². The van der Waals surface area contributed by atoms with Gasteiger partial charge in [0.15, 0.2) is 23.8 Å². The van der Waals surface area contributed by atoms with Crippen LogP contribution in [-0.2, 0) is 24.3 Å². The van der Waals surface area contributed by atoms with Gasteiger partial charge in [-0.3, -0.25) is 18.7 Å². The number of aldehydes is 1. The van der Waals surface area contributed by atoms with E-state index >= 15 is 0 Å². The molecule has 0 saturated carbocycles. The summed E-state index contributed by atoms with van der Waals surface area (Å²) < 4.78 is 40.2. The number of carbonyl (C=O) groups excluding carboxylic acids is 4. The molecule has 1 unspecified atom stereocenters. The molecule has 3 aromatic rings. The lowest BCUT2D eigenvalue weighted by Crippen LogP contribution is -2.59. The summed E-state index contributed by atoms with van der Waals surface area (Å²) in [5, 5.41) is 2.58. The molecule has 2 aliphatic heterocycles. The standard InChI is InChI=1S/C32H32N4O8S/c1-20-14-15-25(21(2)18-20)43-17-9-16-35-28(33-24-12-7-8-13-26(24)45(35,41)42)27(36-30(39)32(3,4)44-31(36)40)29(38)34-23-11-6-5-10-22(23)19-37/h5-8,10-15,18-19,27H,9,16-17H2,1-4H3,(H,34,38). The second-order valence-corrected chi connectivity index (χ2v) is 13.0. The lowest BCUT2D eigenvalue weighted by Gasteiger charge is -2.35. The largest absolute Gasteiger partial charge is 0.493 e. The Balaban J connectivity index is 1.56. The smallest absolute Gasteiger partial charge is 0.418 e. The van der Waals surface area contributed by atoms with Gasteiger partial charge in [-0.1, -0.05) is 42.0 Å². The third-order valence-electron chi connectivity index (χ3n) is 7.39. The number of aryl methyl sites for hydroxylation is 2. The summed E-state index contributed by atoms with van der Waals surface area (Å²) in [4.78, 5) is 57.4. The summed E-state index contributed by atoms with van der Waals surface area (Å²) >= 11 is 0. The van der Waals surface area contributed by atoms with E-state index in [1.54, 1.807) is 24.3 Å². The summed E-state index contributed by atoms with van der Waals surface area (Å²) in [5.74, 6) is -1.59. The van der Waals surface area contributed by atoms with Gasteiger partial charge in [0.05, 0.1) is 18.0 Å². The van der Waals surface area contributed by atoms with Gasteiger partial charge in [-0.25, -0.2) is 23.1 Å². The quantitative estimate of drug-likeness (QED) is 0.255. The number of hydrogen-bond acceptors (Lipinski definition) is 9. The van der Waals surface area contributed by atoms with Crippen molar-refractivity contribution in [2.75, 3.05) is 18.5 Å². The molecule has 1 saturated heterocycles. The number of benzene rings is 3. The van der Waals surface area contributed by atoms with Gasteiger partial charge in [0.1, 0.15) is 10.6 Å². The Morgan fingerprint density at radius 1 is 1.07 bits per heavy atom. The predicted molar refractivity (Wildman–Crippen MR) is 165 cm³/mol. The van der Waals surface area contributed by atoms with Gasteiger partial charge in [-0.15, -0.1) is 0 Å². The normalized spacial score (nSPS) is 17.2. The molecule has 2 aliphatic rings. The van der Waals surface area contributed by atoms with Crippen LogP contribution >= 0.6 is 0 Å². The van der Waals surface area contributed by atoms with Crippen molar-refractivity contribution in [2.45, 2.75) is 50.7 Å². The molecular weight excluding hydrogens is 600 g/mol. The number of nitrogens with zero attached hydrogens (tertiary/aromatic N) is 3. The number of cyclic esters (lactones) is 1. The SMILES string of the molecule is Cc1ccc(OCCCN2C(C(C(=O)Nc3ccccc3C=O)N3C(=O)OC(C)(C)C3=O)=Nc3ccccc3S2(=O)=O)c(C)c1. The first kappa shape index (κ1) is 31.4. The molecule has 0 aliphatic carbocycles. The van der Waals surface area contributed by atoms with Crippen LogP contribution in [0.3, 0.4) is 0 Å². The highest BCUT2D eigenvalue weighted by molar-refractivity contribution is 7.90. The van der Waals surface area contributed by atoms with Gasteiger partial charge in [-0.05, 0) is 63.6 Å². The fraction of sp³-hybridized carbons (Fsp3) is 0.281. The Morgan fingerprint density at radius 2 is 1.78 bits per heavy atom. The van der Waals surface area contributed by atoms with Crippen molar-refractivity contribution >= 4 is 51.4 Å². The van der Waals surface area contributed by atoms with Crippen LogP contribution in [0.25, 0.3) is 0 Å². The number of para-hydroxylation sites is 2. The number of anilines is 1. The average Bonchev–Trinajstić information content (AvgIpc) is 3.19. The number of sulfonamides is 1. The van der Waals surface area contributed by atoms with Crippen LogP contribution in [0, 0.1) is 13.8 Å². The van der Waals surface area contributed by atoms with Gasteiger partial charge < -0.3 is 14.8 Å². The second kappa shape index (κ2) is 12.2. The monoisotopic (exact) mass is 632 g/mol. The number of amidine groups is 1. The number of fused-ring (bicyclic) bond motifs is 1. The molecule has 0 bridgehead atoms. The number of hydrogen-bond donors (Lipinski definition) is 1. The highest BCUT2D eigenvalue weighted by Crippen LogP contribution is 2.36. The third kappa shape index (κ3) is 6.03. The van der Waals surface area contributed by atoms with Gasteiger partial charge >= 0.3 is 6.09 Å². The van der Waals surface area contributed by atoms with E-state index in [9.17, 15) is 27.6 Å². The summed E-state index contributed by atoms with van der Waals surface area (Å²) in [7, 11) is -4.33. The number of carbonyl (C=O) groups is 4. The predicted octanol–water partition coefficient (Wildman–Crippen LogP) is 4.38. The fourth-order valence-corrected chi connectivity index (χ4v) is 6.77. The molecule has 3 amide bonds. The van der Waals surface area contributed by atoms with E-state index in [2.05, 4.69) is 10.3 Å². The van der Waals surface area contributed by atoms with Crippen molar-refractivity contribution in [1.82, 2.24) is 9.21 Å². The molecule has 1 fully saturated rings. The zero-order chi connectivity index (χ0) is 32.5. The van der Waals surface area contributed by atoms with E-state index in [1.807, 2.05) is 32.0 Å². The Labute approximate surface area is 260 Å². The zero-order valence-electron chi connectivity index (χ0n) is 25.1. The molecule has 5 rings (SSSR count). The van der Waals surface area contributed by atoms with Crippen LogP contribution in [0.2, 0.25) is 0 Å². The molecule has 0 aromatic heterocycles. The Bertz CT molecular complexity index is 1840. The van der Waals surface area contributed by atoms with Crippen molar-refractivity contribution in [1.29, 1.82) is 0 Å². The minimum Gasteiger partial charge on any atom is -0.493 e. The summed E-state index contributed by atoms with van der Waals surface area (Å²) in [6, 6.07) is 15.9. The highest BCUT2D eigenvalue weighted by atomic mass is 32.2. The van der Waals surface area contributed by atoms with Crippen molar-refractivity contribution in [3.63, 3.8) is 0 Å². The van der Waals surface area contributed by atoms with Crippen LogP contribution in [-0.4, -0.2) is 72.4 Å². The van der Waals surface area contributed by atoms with Crippen molar-refractivity contribution < 1.29 is 37.1 Å². The minimum atomic E-state index is -4.33. The van der Waals surface area contributed by atoms with Crippen molar-refractivity contribution in [3.05, 3.63) is 83.4 Å². The van der Waals surface area contributed by atoms with Crippen LogP contribution < -0.4 is 10.1 Å². The molecule has 234 valence electrons. The molecule has 0 radical (unpaired) electrons. The Morgan fingerprint density at radius 3 is 2.47 bits per heavy atom. The second-order valence-electron chi connectivity index (χ2n) is 11.1. The summed E-state index contributed by atoms with van der Waals surface area (Å²) in [6.45, 7) is 6.50. The molecule has 12 nitrogen and oxygen atoms in total. The lowest BCUT2D eigenvalue weighted by atomic mass is 10.1. The maximum absolute atomic E-state index is 14.1. The topological polar surface area (TPSA) is 152 Å². The number of amides is 3. The first-order valence-corrected chi connectivity index (χ1v) is 15.6. The molecule has 1 N–H and O–H groups in total. The first-order valence-electron chi connectivity index (χ1n) is 14.2. The maximum atomic E-state index is 14.1. The highest BCUT2D eigenvalue weighted by Gasteiger charge is 2.55. The molecule has 2 heterocycles. The Hall–Kier alpha value is -5.04. The molecule has 3 aromatic carbocycles. The maximum Gasteiger partial charge on any atom is 0.418 e. The summed E-state index contributed by atoms with van der Waals surface area (Å²) in [6.07, 6.45) is -0.449. The van der Waals surface area contributed by atoms with E-state index in [-0.39, 0.29) is 47.2 Å². The van der Waals surface area contributed by atoms with E-state index in [0.29, 0.717) is 16.9 Å². The van der Waals surface area contributed by atoms with Gasteiger partial charge in [0, 0.05) is 18.5 Å². The average molecular weight is 633 g/mol. The van der Waals surface area contributed by atoms with Crippen LogP contribution in [0.15, 0.2) is 76.6 Å². The van der Waals surface area contributed by atoms with E-state index < -0.39 is 39.6 Å². The molecule has 0 spiro atoms. The number of ether oxygens (including phenoxy) is 2. The molecule has 1 atom stereocenters. The van der Waals surface area contributed by atoms with E-state index in [0.717, 1.165) is 15.4 Å². The van der Waals surface area contributed by atoms with Crippen LogP contribution in [0.4, 0.5) is 16.2 Å². The molecule has 45 heavy (non-hydrogen) atoms. The zero-order valence-corrected chi connectivity index (χ0v) is 26.0. The molecule has 13 heteroatoms. The van der Waals surface area contributed by atoms with Gasteiger partial charge in [-0.2, -0.15) is 0 Å². The van der Waals surface area contributed by atoms with E-state index in [4.69, 9.17) is 9.47 Å². The van der Waals surface area contributed by atoms with Crippen molar-refractivity contribution in [3.8, 4) is 5.75 Å². The third-order valence-corrected chi connectivity index (χ3v) is 9.24. The minimum absolute atomic E-state index is 0.0284. The Kier molecular flexibility index (Phi) is 8.48.